The molecule has 1 aliphatic rings. The molecule has 0 aromatic carbocycles. The molecule has 2 rings (SSSR count). The molecule has 0 saturated carbocycles. The number of hydrogen-bond acceptors (Lipinski definition) is 3. The normalized spacial score (nSPS) is 15.1. The molecule has 1 aromatic heterocycles. The molecule has 1 aromatic rings. The lowest BCUT2D eigenvalue weighted by molar-refractivity contribution is 0.0351. The van der Waals surface area contributed by atoms with Crippen LogP contribution in [-0.4, -0.2) is 28.1 Å². The fourth-order valence-corrected chi connectivity index (χ4v) is 1.70. The van der Waals surface area contributed by atoms with Crippen LogP contribution in [0.4, 0.5) is 4.79 Å². The summed E-state index contributed by atoms with van der Waals surface area (Å²) in [5, 5.41) is 0. The standard InChI is InChI=1S/C15H18N2O2/c1-15(2,3)19-14(18)17-9-6-12(7-10-17)13-5-4-8-16-11-13/h4-9,11H,10H2,1-3H3. The monoisotopic (exact) mass is 258 g/mol. The maximum absolute atomic E-state index is 11.9. The van der Waals surface area contributed by atoms with Crippen molar-refractivity contribution in [2.45, 2.75) is 26.4 Å². The zero-order valence-electron chi connectivity index (χ0n) is 11.5. The second kappa shape index (κ2) is 5.26. The number of ether oxygens (including phenoxy) is 1. The minimum Gasteiger partial charge on any atom is -0.443 e. The minimum absolute atomic E-state index is 0.328. The molecule has 2 heterocycles. The lowest BCUT2D eigenvalue weighted by Crippen LogP contribution is -2.34. The van der Waals surface area contributed by atoms with Gasteiger partial charge in [0, 0.05) is 25.1 Å². The van der Waals surface area contributed by atoms with E-state index in [0.29, 0.717) is 6.54 Å². The van der Waals surface area contributed by atoms with Gasteiger partial charge in [0.25, 0.3) is 0 Å². The third-order valence-electron chi connectivity index (χ3n) is 2.56. The number of pyridine rings is 1. The summed E-state index contributed by atoms with van der Waals surface area (Å²) in [6.07, 6.45) is 8.84. The molecule has 0 N–H and O–H groups in total. The number of amides is 1. The number of rotatable bonds is 1. The van der Waals surface area contributed by atoms with Crippen LogP contribution in [0.1, 0.15) is 26.3 Å². The van der Waals surface area contributed by atoms with Gasteiger partial charge in [-0.25, -0.2) is 4.79 Å². The molecule has 0 radical (unpaired) electrons. The van der Waals surface area contributed by atoms with E-state index in [1.54, 1.807) is 23.5 Å². The molecule has 0 bridgehead atoms. The van der Waals surface area contributed by atoms with Gasteiger partial charge in [-0.2, -0.15) is 0 Å². The van der Waals surface area contributed by atoms with Crippen LogP contribution < -0.4 is 0 Å². The molecule has 100 valence electrons. The van der Waals surface area contributed by atoms with E-state index >= 15 is 0 Å². The molecule has 0 saturated heterocycles. The average molecular weight is 258 g/mol. The van der Waals surface area contributed by atoms with Crippen molar-refractivity contribution in [1.82, 2.24) is 9.88 Å². The molecular formula is C15H18N2O2. The van der Waals surface area contributed by atoms with Crippen LogP contribution >= 0.6 is 0 Å². The summed E-state index contributed by atoms with van der Waals surface area (Å²) in [7, 11) is 0. The van der Waals surface area contributed by atoms with Crippen LogP contribution in [0.25, 0.3) is 5.57 Å². The average Bonchev–Trinajstić information content (AvgIpc) is 2.38. The van der Waals surface area contributed by atoms with Crippen LogP contribution in [-0.2, 0) is 4.74 Å². The van der Waals surface area contributed by atoms with E-state index in [4.69, 9.17) is 4.74 Å². The van der Waals surface area contributed by atoms with Crippen molar-refractivity contribution in [2.75, 3.05) is 6.54 Å². The first-order chi connectivity index (χ1) is 8.96. The number of carbonyl (C=O) groups is 1. The predicted molar refractivity (Wildman–Crippen MR) is 74.3 cm³/mol. The minimum atomic E-state index is -0.474. The van der Waals surface area contributed by atoms with Gasteiger partial charge in [-0.1, -0.05) is 12.1 Å². The van der Waals surface area contributed by atoms with Crippen molar-refractivity contribution in [1.29, 1.82) is 0 Å². The zero-order chi connectivity index (χ0) is 13.9. The van der Waals surface area contributed by atoms with Gasteiger partial charge < -0.3 is 4.74 Å². The molecule has 0 unspecified atom stereocenters. The van der Waals surface area contributed by atoms with Crippen molar-refractivity contribution < 1.29 is 9.53 Å². The van der Waals surface area contributed by atoms with Gasteiger partial charge >= 0.3 is 6.09 Å². The molecule has 0 spiro atoms. The molecule has 4 heteroatoms. The third kappa shape index (κ3) is 3.68. The lowest BCUT2D eigenvalue weighted by atomic mass is 10.1. The summed E-state index contributed by atoms with van der Waals surface area (Å²) in [4.78, 5) is 17.5. The van der Waals surface area contributed by atoms with E-state index in [9.17, 15) is 4.79 Å². The van der Waals surface area contributed by atoms with Gasteiger partial charge in [0.1, 0.15) is 5.60 Å². The highest BCUT2D eigenvalue weighted by Crippen LogP contribution is 2.19. The Hall–Kier alpha value is -2.10. The quantitative estimate of drug-likeness (QED) is 0.776. The van der Waals surface area contributed by atoms with Crippen LogP contribution in [0.3, 0.4) is 0 Å². The summed E-state index contributed by atoms with van der Waals surface area (Å²) in [6.45, 7) is 6.08. The Balaban J connectivity index is 2.01. The fraction of sp³-hybridized carbons (Fsp3) is 0.333. The predicted octanol–water partition coefficient (Wildman–Crippen LogP) is 3.23. The lowest BCUT2D eigenvalue weighted by Gasteiger charge is -2.26. The van der Waals surface area contributed by atoms with Crippen molar-refractivity contribution in [3.05, 3.63) is 48.4 Å². The second-order valence-corrected chi connectivity index (χ2v) is 5.35. The molecule has 1 amide bonds. The highest BCUT2D eigenvalue weighted by atomic mass is 16.6. The van der Waals surface area contributed by atoms with E-state index in [1.807, 2.05) is 45.1 Å². The van der Waals surface area contributed by atoms with Crippen molar-refractivity contribution >= 4 is 11.7 Å². The van der Waals surface area contributed by atoms with E-state index < -0.39 is 5.60 Å². The van der Waals surface area contributed by atoms with Gasteiger partial charge in [0.2, 0.25) is 0 Å². The third-order valence-corrected chi connectivity index (χ3v) is 2.56. The Bertz CT molecular complexity index is 513. The van der Waals surface area contributed by atoms with Gasteiger partial charge in [-0.05, 0) is 44.1 Å². The summed E-state index contributed by atoms with van der Waals surface area (Å²) >= 11 is 0. The Labute approximate surface area is 113 Å². The van der Waals surface area contributed by atoms with Gasteiger partial charge in [0.15, 0.2) is 0 Å². The summed E-state index contributed by atoms with van der Waals surface area (Å²) < 4.78 is 5.31. The smallest absolute Gasteiger partial charge is 0.414 e. The summed E-state index contributed by atoms with van der Waals surface area (Å²) in [5.74, 6) is 0. The van der Waals surface area contributed by atoms with Crippen molar-refractivity contribution in [3.63, 3.8) is 0 Å². The number of nitrogens with zero attached hydrogens (tertiary/aromatic N) is 2. The number of allylic oxidation sites excluding steroid dienone is 2. The van der Waals surface area contributed by atoms with Crippen molar-refractivity contribution in [2.24, 2.45) is 0 Å². The maximum atomic E-state index is 11.9. The SMILES string of the molecule is CC(C)(C)OC(=O)N1C=CC(c2cccnc2)=CC1. The molecule has 1 aliphatic heterocycles. The van der Waals surface area contributed by atoms with Gasteiger partial charge in [-0.3, -0.25) is 9.88 Å². The highest BCUT2D eigenvalue weighted by molar-refractivity contribution is 5.78. The molecular weight excluding hydrogens is 240 g/mol. The second-order valence-electron chi connectivity index (χ2n) is 5.35. The fourth-order valence-electron chi connectivity index (χ4n) is 1.70. The molecule has 0 fully saturated rings. The Kier molecular flexibility index (Phi) is 3.69. The first-order valence-electron chi connectivity index (χ1n) is 6.24. The first-order valence-corrected chi connectivity index (χ1v) is 6.24. The first kappa shape index (κ1) is 13.3. The van der Waals surface area contributed by atoms with Crippen LogP contribution in [0.2, 0.25) is 0 Å². The molecule has 0 atom stereocenters. The van der Waals surface area contributed by atoms with Crippen LogP contribution in [0.15, 0.2) is 42.9 Å². The van der Waals surface area contributed by atoms with Crippen molar-refractivity contribution in [3.8, 4) is 0 Å². The van der Waals surface area contributed by atoms with E-state index in [2.05, 4.69) is 4.98 Å². The maximum Gasteiger partial charge on any atom is 0.414 e. The van der Waals surface area contributed by atoms with Gasteiger partial charge in [0.05, 0.1) is 0 Å². The van der Waals surface area contributed by atoms with E-state index in [1.165, 1.54) is 0 Å². The zero-order valence-corrected chi connectivity index (χ0v) is 11.5. The number of hydrogen-bond donors (Lipinski definition) is 0. The topological polar surface area (TPSA) is 42.4 Å². The summed E-state index contributed by atoms with van der Waals surface area (Å²) in [5.41, 5.74) is 1.63. The number of carbonyl (C=O) groups excluding carboxylic acids is 1. The van der Waals surface area contributed by atoms with Gasteiger partial charge in [-0.15, -0.1) is 0 Å². The Morgan fingerprint density at radius 1 is 1.42 bits per heavy atom. The largest absolute Gasteiger partial charge is 0.443 e. The van der Waals surface area contributed by atoms with E-state index in [0.717, 1.165) is 11.1 Å². The molecule has 0 aliphatic carbocycles. The molecule has 4 nitrogen and oxygen atoms in total. The van der Waals surface area contributed by atoms with Crippen LogP contribution in [0.5, 0.6) is 0 Å². The number of aromatic nitrogens is 1. The molecule has 19 heavy (non-hydrogen) atoms. The highest BCUT2D eigenvalue weighted by Gasteiger charge is 2.21. The Morgan fingerprint density at radius 3 is 2.74 bits per heavy atom. The van der Waals surface area contributed by atoms with E-state index in [-0.39, 0.29) is 6.09 Å². The summed E-state index contributed by atoms with van der Waals surface area (Å²) in [6, 6.07) is 3.89. The Morgan fingerprint density at radius 2 is 2.21 bits per heavy atom. The van der Waals surface area contributed by atoms with Crippen LogP contribution in [0, 0.1) is 0 Å².